The summed E-state index contributed by atoms with van der Waals surface area (Å²) in [5.41, 5.74) is 6.27. The van der Waals surface area contributed by atoms with E-state index < -0.39 is 5.91 Å². The van der Waals surface area contributed by atoms with Crippen molar-refractivity contribution in [2.75, 3.05) is 13.7 Å². The van der Waals surface area contributed by atoms with Gasteiger partial charge in [-0.15, -0.1) is 5.10 Å². The molecule has 0 fully saturated rings. The van der Waals surface area contributed by atoms with Crippen LogP contribution in [0.5, 0.6) is 0 Å². The van der Waals surface area contributed by atoms with E-state index in [0.717, 1.165) is 5.69 Å². The van der Waals surface area contributed by atoms with Gasteiger partial charge in [-0.3, -0.25) is 4.79 Å². The lowest BCUT2D eigenvalue weighted by Gasteiger charge is -2.11. The van der Waals surface area contributed by atoms with E-state index in [-0.39, 0.29) is 5.69 Å². The molecule has 0 aromatic carbocycles. The first kappa shape index (κ1) is 12.6. The molecule has 0 bridgehead atoms. The maximum atomic E-state index is 11.1. The summed E-state index contributed by atoms with van der Waals surface area (Å²) in [5, 5.41) is 7.74. The van der Waals surface area contributed by atoms with Gasteiger partial charge in [0, 0.05) is 13.7 Å². The maximum absolute atomic E-state index is 11.1. The molecule has 0 radical (unpaired) electrons. The van der Waals surface area contributed by atoms with Gasteiger partial charge in [-0.1, -0.05) is 19.1 Å². The number of methoxy groups -OCH3 is 1. The summed E-state index contributed by atoms with van der Waals surface area (Å²) >= 11 is 0. The number of aromatic nitrogens is 3. The molecule has 1 aromatic heterocycles. The number of rotatable bonds is 6. The minimum atomic E-state index is -0.525. The molecule has 0 spiro atoms. The largest absolute Gasteiger partial charge is 0.384 e. The number of carbonyl (C=O) groups is 1. The molecule has 6 nitrogen and oxygen atoms in total. The predicted octanol–water partition coefficient (Wildman–Crippen LogP) is 0.222. The Morgan fingerprint density at radius 2 is 2.31 bits per heavy atom. The summed E-state index contributed by atoms with van der Waals surface area (Å²) in [6, 6.07) is 0. The van der Waals surface area contributed by atoms with Crippen LogP contribution in [0, 0.1) is 5.92 Å². The highest BCUT2D eigenvalue weighted by Gasteiger charge is 2.16. The number of hydrogen-bond acceptors (Lipinski definition) is 4. The molecule has 1 heterocycles. The van der Waals surface area contributed by atoms with Crippen molar-refractivity contribution in [1.82, 2.24) is 15.0 Å². The van der Waals surface area contributed by atoms with Crippen molar-refractivity contribution in [3.8, 4) is 0 Å². The third kappa shape index (κ3) is 2.79. The average Bonchev–Trinajstić information content (AvgIpc) is 2.61. The van der Waals surface area contributed by atoms with Crippen LogP contribution in [-0.2, 0) is 17.7 Å². The third-order valence-electron chi connectivity index (χ3n) is 2.34. The van der Waals surface area contributed by atoms with Crippen molar-refractivity contribution in [3.63, 3.8) is 0 Å². The Morgan fingerprint density at radius 3 is 2.81 bits per heavy atom. The zero-order valence-corrected chi connectivity index (χ0v) is 9.93. The number of ether oxygens (including phenoxy) is 1. The van der Waals surface area contributed by atoms with Crippen LogP contribution < -0.4 is 5.73 Å². The average molecular weight is 226 g/mol. The number of hydrogen-bond donors (Lipinski definition) is 1. The molecular weight excluding hydrogens is 208 g/mol. The molecule has 0 saturated carbocycles. The molecule has 6 heteroatoms. The summed E-state index contributed by atoms with van der Waals surface area (Å²) in [6.07, 6.45) is 0.685. The number of nitrogens with two attached hydrogens (primary N) is 1. The van der Waals surface area contributed by atoms with E-state index in [4.69, 9.17) is 10.5 Å². The van der Waals surface area contributed by atoms with E-state index in [1.165, 1.54) is 0 Å². The summed E-state index contributed by atoms with van der Waals surface area (Å²) in [7, 11) is 1.66. The molecule has 0 aliphatic heterocycles. The van der Waals surface area contributed by atoms with Gasteiger partial charge in [-0.25, -0.2) is 4.68 Å². The first-order valence-corrected chi connectivity index (χ1v) is 5.31. The third-order valence-corrected chi connectivity index (χ3v) is 2.34. The fraction of sp³-hybridized carbons (Fsp3) is 0.700. The summed E-state index contributed by atoms with van der Waals surface area (Å²) < 4.78 is 6.78. The Balaban J connectivity index is 2.84. The van der Waals surface area contributed by atoms with Crippen LogP contribution in [0.1, 0.15) is 30.0 Å². The van der Waals surface area contributed by atoms with E-state index >= 15 is 0 Å². The molecule has 16 heavy (non-hydrogen) atoms. The molecule has 90 valence electrons. The van der Waals surface area contributed by atoms with Crippen LogP contribution in [0.25, 0.3) is 0 Å². The van der Waals surface area contributed by atoms with Gasteiger partial charge in [-0.2, -0.15) is 0 Å². The van der Waals surface area contributed by atoms with Gasteiger partial charge in [0.2, 0.25) is 0 Å². The van der Waals surface area contributed by atoms with E-state index in [1.54, 1.807) is 11.8 Å². The molecule has 2 N–H and O–H groups in total. The molecule has 1 unspecified atom stereocenters. The van der Waals surface area contributed by atoms with Crippen LogP contribution >= 0.6 is 0 Å². The second-order valence-electron chi connectivity index (χ2n) is 3.85. The lowest BCUT2D eigenvalue weighted by Crippen LogP contribution is -2.18. The Labute approximate surface area is 94.8 Å². The maximum Gasteiger partial charge on any atom is 0.271 e. The van der Waals surface area contributed by atoms with Crippen molar-refractivity contribution >= 4 is 5.91 Å². The second kappa shape index (κ2) is 5.60. The van der Waals surface area contributed by atoms with Gasteiger partial charge in [0.25, 0.3) is 5.91 Å². The van der Waals surface area contributed by atoms with E-state index in [1.807, 2.05) is 6.92 Å². The first-order valence-electron chi connectivity index (χ1n) is 5.31. The minimum Gasteiger partial charge on any atom is -0.384 e. The smallest absolute Gasteiger partial charge is 0.271 e. The van der Waals surface area contributed by atoms with Crippen LogP contribution in [0.2, 0.25) is 0 Å². The molecule has 1 atom stereocenters. The quantitative estimate of drug-likeness (QED) is 0.752. The normalized spacial score (nSPS) is 12.7. The van der Waals surface area contributed by atoms with E-state index in [2.05, 4.69) is 17.2 Å². The fourth-order valence-corrected chi connectivity index (χ4v) is 1.65. The SMILES string of the molecule is CCc1c(C(N)=O)nnn1CC(C)COC. The zero-order chi connectivity index (χ0) is 12.1. The lowest BCUT2D eigenvalue weighted by molar-refractivity contribution is 0.0994. The molecule has 1 aromatic rings. The second-order valence-corrected chi connectivity index (χ2v) is 3.85. The monoisotopic (exact) mass is 226 g/mol. The Kier molecular flexibility index (Phi) is 4.42. The Hall–Kier alpha value is -1.43. The van der Waals surface area contributed by atoms with Gasteiger partial charge < -0.3 is 10.5 Å². The number of amides is 1. The van der Waals surface area contributed by atoms with Crippen molar-refractivity contribution < 1.29 is 9.53 Å². The van der Waals surface area contributed by atoms with E-state index in [0.29, 0.717) is 25.5 Å². The van der Waals surface area contributed by atoms with Crippen molar-refractivity contribution in [2.24, 2.45) is 11.7 Å². The lowest BCUT2D eigenvalue weighted by atomic mass is 10.2. The minimum absolute atomic E-state index is 0.270. The van der Waals surface area contributed by atoms with E-state index in [9.17, 15) is 4.79 Å². The Bertz CT molecular complexity index is 362. The Morgan fingerprint density at radius 1 is 1.62 bits per heavy atom. The van der Waals surface area contributed by atoms with Gasteiger partial charge in [-0.05, 0) is 12.3 Å². The topological polar surface area (TPSA) is 83.0 Å². The summed E-state index contributed by atoms with van der Waals surface area (Å²) in [6.45, 7) is 5.32. The van der Waals surface area contributed by atoms with Crippen molar-refractivity contribution in [2.45, 2.75) is 26.8 Å². The molecule has 0 aliphatic rings. The van der Waals surface area contributed by atoms with Crippen molar-refractivity contribution in [1.29, 1.82) is 0 Å². The van der Waals surface area contributed by atoms with Gasteiger partial charge >= 0.3 is 0 Å². The predicted molar refractivity (Wildman–Crippen MR) is 59.0 cm³/mol. The highest BCUT2D eigenvalue weighted by Crippen LogP contribution is 2.09. The van der Waals surface area contributed by atoms with Crippen LogP contribution in [0.4, 0.5) is 0 Å². The van der Waals surface area contributed by atoms with Gasteiger partial charge in [0.15, 0.2) is 5.69 Å². The van der Waals surface area contributed by atoms with Crippen LogP contribution in [-0.4, -0.2) is 34.6 Å². The summed E-state index contributed by atoms with van der Waals surface area (Å²) in [4.78, 5) is 11.1. The highest BCUT2D eigenvalue weighted by atomic mass is 16.5. The number of carbonyl (C=O) groups excluding carboxylic acids is 1. The zero-order valence-electron chi connectivity index (χ0n) is 9.93. The molecule has 1 amide bonds. The van der Waals surface area contributed by atoms with Crippen molar-refractivity contribution in [3.05, 3.63) is 11.4 Å². The fourth-order valence-electron chi connectivity index (χ4n) is 1.65. The van der Waals surface area contributed by atoms with Gasteiger partial charge in [0.1, 0.15) is 0 Å². The first-order chi connectivity index (χ1) is 7.60. The summed E-state index contributed by atoms with van der Waals surface area (Å²) in [5.74, 6) is -0.208. The number of primary amides is 1. The molecule has 0 aliphatic carbocycles. The van der Waals surface area contributed by atoms with Gasteiger partial charge in [0.05, 0.1) is 12.3 Å². The molecule has 0 saturated heterocycles. The standard InChI is InChI=1S/C10H18N4O2/c1-4-8-9(10(11)15)12-13-14(8)5-7(2)6-16-3/h7H,4-6H2,1-3H3,(H2,11,15). The molecular formula is C10H18N4O2. The number of nitrogens with zero attached hydrogens (tertiary/aromatic N) is 3. The highest BCUT2D eigenvalue weighted by molar-refractivity contribution is 5.91. The van der Waals surface area contributed by atoms with Crippen LogP contribution in [0.3, 0.4) is 0 Å². The van der Waals surface area contributed by atoms with Crippen LogP contribution in [0.15, 0.2) is 0 Å². The molecule has 1 rings (SSSR count).